The first-order chi connectivity index (χ1) is 10.4. The topological polar surface area (TPSA) is 61.7 Å². The molecule has 1 fully saturated rings. The molecule has 1 aliphatic heterocycles. The van der Waals surface area contributed by atoms with Gasteiger partial charge in [-0.2, -0.15) is 5.11 Å². The lowest BCUT2D eigenvalue weighted by Crippen LogP contribution is -2.35. The standard InChI is InChI=1S/C16H21N5/c1-2-8-14(20-21-16-10-4-6-12-18-16)13(7-1)19-15-9-3-5-11-17-15/h3-6,9-11,13-14,18H,1-2,7-8,12H2,(H,17,19). The molecule has 110 valence electrons. The lowest BCUT2D eigenvalue weighted by molar-refractivity contribution is 0.393. The highest BCUT2D eigenvalue weighted by Gasteiger charge is 2.25. The zero-order valence-corrected chi connectivity index (χ0v) is 12.1. The third-order valence-electron chi connectivity index (χ3n) is 3.83. The number of azo groups is 1. The maximum absolute atomic E-state index is 4.55. The van der Waals surface area contributed by atoms with Crippen LogP contribution in [0.5, 0.6) is 0 Å². The summed E-state index contributed by atoms with van der Waals surface area (Å²) in [5.41, 5.74) is 0. The van der Waals surface area contributed by atoms with Crippen molar-refractivity contribution in [2.45, 2.75) is 37.8 Å². The molecule has 2 aliphatic rings. The summed E-state index contributed by atoms with van der Waals surface area (Å²) in [5, 5.41) is 15.6. The van der Waals surface area contributed by atoms with Gasteiger partial charge in [-0.05, 0) is 31.1 Å². The van der Waals surface area contributed by atoms with Gasteiger partial charge in [0.1, 0.15) is 11.6 Å². The van der Waals surface area contributed by atoms with Crippen molar-refractivity contribution in [2.24, 2.45) is 10.2 Å². The number of anilines is 1. The molecule has 2 heterocycles. The van der Waals surface area contributed by atoms with Gasteiger partial charge in [-0.15, -0.1) is 5.11 Å². The molecule has 2 N–H and O–H groups in total. The van der Waals surface area contributed by atoms with Gasteiger partial charge in [0.15, 0.2) is 0 Å². The van der Waals surface area contributed by atoms with Crippen LogP contribution in [0.3, 0.4) is 0 Å². The van der Waals surface area contributed by atoms with E-state index in [4.69, 9.17) is 0 Å². The second-order valence-electron chi connectivity index (χ2n) is 5.39. The van der Waals surface area contributed by atoms with Crippen LogP contribution >= 0.6 is 0 Å². The van der Waals surface area contributed by atoms with E-state index in [1.54, 1.807) is 0 Å². The Balaban J connectivity index is 1.65. The molecule has 1 aromatic rings. The van der Waals surface area contributed by atoms with E-state index >= 15 is 0 Å². The Hall–Kier alpha value is -2.17. The van der Waals surface area contributed by atoms with Gasteiger partial charge in [0, 0.05) is 12.7 Å². The molecule has 1 aliphatic carbocycles. The van der Waals surface area contributed by atoms with Crippen molar-refractivity contribution in [1.82, 2.24) is 10.3 Å². The molecule has 3 rings (SSSR count). The van der Waals surface area contributed by atoms with E-state index < -0.39 is 0 Å². The molecule has 21 heavy (non-hydrogen) atoms. The smallest absolute Gasteiger partial charge is 0.148 e. The van der Waals surface area contributed by atoms with E-state index in [0.29, 0.717) is 6.04 Å². The fourth-order valence-corrected chi connectivity index (χ4v) is 2.71. The van der Waals surface area contributed by atoms with Crippen LogP contribution in [0.25, 0.3) is 0 Å². The Kier molecular flexibility index (Phi) is 4.61. The Morgan fingerprint density at radius 2 is 2.19 bits per heavy atom. The van der Waals surface area contributed by atoms with Gasteiger partial charge in [0.25, 0.3) is 0 Å². The summed E-state index contributed by atoms with van der Waals surface area (Å²) in [6.45, 7) is 0.825. The van der Waals surface area contributed by atoms with E-state index in [2.05, 4.69) is 31.9 Å². The third-order valence-corrected chi connectivity index (χ3v) is 3.83. The largest absolute Gasteiger partial charge is 0.365 e. The molecule has 2 unspecified atom stereocenters. The second kappa shape index (κ2) is 7.02. The monoisotopic (exact) mass is 283 g/mol. The zero-order chi connectivity index (χ0) is 14.3. The highest BCUT2D eigenvalue weighted by Crippen LogP contribution is 2.24. The number of nitrogens with zero attached hydrogens (tertiary/aromatic N) is 3. The summed E-state index contributed by atoms with van der Waals surface area (Å²) in [6.07, 6.45) is 12.5. The van der Waals surface area contributed by atoms with Crippen LogP contribution in [0.15, 0.2) is 58.7 Å². The molecule has 0 aromatic carbocycles. The molecule has 0 radical (unpaired) electrons. The average molecular weight is 283 g/mol. The van der Waals surface area contributed by atoms with Gasteiger partial charge in [-0.25, -0.2) is 4.98 Å². The van der Waals surface area contributed by atoms with Crippen molar-refractivity contribution in [3.05, 3.63) is 48.4 Å². The first-order valence-electron chi connectivity index (χ1n) is 7.61. The molecular weight excluding hydrogens is 262 g/mol. The van der Waals surface area contributed by atoms with Crippen LogP contribution < -0.4 is 10.6 Å². The van der Waals surface area contributed by atoms with Crippen molar-refractivity contribution in [3.8, 4) is 0 Å². The maximum Gasteiger partial charge on any atom is 0.148 e. The number of nitrogens with one attached hydrogen (secondary N) is 2. The van der Waals surface area contributed by atoms with Crippen LogP contribution in [0.1, 0.15) is 25.7 Å². The van der Waals surface area contributed by atoms with E-state index in [-0.39, 0.29) is 6.04 Å². The average Bonchev–Trinajstić information content (AvgIpc) is 2.56. The summed E-state index contributed by atoms with van der Waals surface area (Å²) >= 11 is 0. The van der Waals surface area contributed by atoms with Crippen LogP contribution in [-0.4, -0.2) is 23.6 Å². The van der Waals surface area contributed by atoms with E-state index in [0.717, 1.165) is 31.0 Å². The molecule has 0 spiro atoms. The van der Waals surface area contributed by atoms with Crippen LogP contribution in [0.2, 0.25) is 0 Å². The molecule has 2 atom stereocenters. The van der Waals surface area contributed by atoms with Crippen LogP contribution in [0, 0.1) is 0 Å². The summed E-state index contributed by atoms with van der Waals surface area (Å²) < 4.78 is 0. The number of rotatable bonds is 4. The minimum Gasteiger partial charge on any atom is -0.365 e. The fourth-order valence-electron chi connectivity index (χ4n) is 2.71. The summed E-state index contributed by atoms with van der Waals surface area (Å²) in [4.78, 5) is 4.34. The number of dihydropyridines is 1. The molecular formula is C16H21N5. The number of allylic oxidation sites excluding steroid dienone is 2. The Bertz CT molecular complexity index is 535. The van der Waals surface area contributed by atoms with Gasteiger partial charge in [0.05, 0.1) is 12.1 Å². The van der Waals surface area contributed by atoms with E-state index in [1.165, 1.54) is 12.8 Å². The lowest BCUT2D eigenvalue weighted by Gasteiger charge is -2.29. The maximum atomic E-state index is 4.55. The predicted octanol–water partition coefficient (Wildman–Crippen LogP) is 3.26. The summed E-state index contributed by atoms with van der Waals surface area (Å²) in [5.74, 6) is 1.77. The van der Waals surface area contributed by atoms with Gasteiger partial charge < -0.3 is 10.6 Å². The van der Waals surface area contributed by atoms with Crippen LogP contribution in [-0.2, 0) is 0 Å². The fraction of sp³-hybridized carbons (Fsp3) is 0.438. The highest BCUT2D eigenvalue weighted by atomic mass is 15.2. The van der Waals surface area contributed by atoms with Gasteiger partial charge in [0.2, 0.25) is 0 Å². The van der Waals surface area contributed by atoms with Crippen molar-refractivity contribution < 1.29 is 0 Å². The first-order valence-corrected chi connectivity index (χ1v) is 7.61. The zero-order valence-electron chi connectivity index (χ0n) is 12.1. The number of pyridine rings is 1. The molecule has 0 bridgehead atoms. The van der Waals surface area contributed by atoms with E-state index in [9.17, 15) is 0 Å². The van der Waals surface area contributed by atoms with Gasteiger partial charge in [-0.1, -0.05) is 31.1 Å². The SMILES string of the molecule is C1=CCNC(N=NC2CCCCC2Nc2ccccn2)=C1. The summed E-state index contributed by atoms with van der Waals surface area (Å²) in [7, 11) is 0. The minimum absolute atomic E-state index is 0.217. The normalized spacial score (nSPS) is 25.4. The van der Waals surface area contributed by atoms with E-state index in [1.807, 2.05) is 36.5 Å². The van der Waals surface area contributed by atoms with Crippen LogP contribution in [0.4, 0.5) is 5.82 Å². The highest BCUT2D eigenvalue weighted by molar-refractivity contribution is 5.35. The van der Waals surface area contributed by atoms with Crippen molar-refractivity contribution in [3.63, 3.8) is 0 Å². The van der Waals surface area contributed by atoms with Crippen molar-refractivity contribution >= 4 is 5.82 Å². The quantitative estimate of drug-likeness (QED) is 0.834. The summed E-state index contributed by atoms with van der Waals surface area (Å²) in [6, 6.07) is 6.46. The Labute approximate surface area is 125 Å². The van der Waals surface area contributed by atoms with Gasteiger partial charge >= 0.3 is 0 Å². The third kappa shape index (κ3) is 3.90. The lowest BCUT2D eigenvalue weighted by atomic mass is 9.91. The molecule has 0 saturated heterocycles. The predicted molar refractivity (Wildman–Crippen MR) is 84.0 cm³/mol. The number of aromatic nitrogens is 1. The molecule has 0 amide bonds. The Morgan fingerprint density at radius 3 is 3.00 bits per heavy atom. The Morgan fingerprint density at radius 1 is 1.24 bits per heavy atom. The molecule has 1 aromatic heterocycles. The first kappa shape index (κ1) is 13.8. The minimum atomic E-state index is 0.217. The molecule has 5 nitrogen and oxygen atoms in total. The van der Waals surface area contributed by atoms with Crippen molar-refractivity contribution in [1.29, 1.82) is 0 Å². The second-order valence-corrected chi connectivity index (χ2v) is 5.39. The number of hydrogen-bond acceptors (Lipinski definition) is 5. The van der Waals surface area contributed by atoms with Gasteiger partial charge in [-0.3, -0.25) is 0 Å². The molecule has 1 saturated carbocycles. The molecule has 5 heteroatoms. The van der Waals surface area contributed by atoms with Crippen molar-refractivity contribution in [2.75, 3.05) is 11.9 Å². The number of hydrogen-bond donors (Lipinski definition) is 2.